The van der Waals surface area contributed by atoms with Gasteiger partial charge in [-0.1, -0.05) is 12.1 Å². The highest BCUT2D eigenvalue weighted by molar-refractivity contribution is 6.00. The highest BCUT2D eigenvalue weighted by atomic mass is 16.2. The van der Waals surface area contributed by atoms with Gasteiger partial charge >= 0.3 is 0 Å². The van der Waals surface area contributed by atoms with Gasteiger partial charge in [-0.25, -0.2) is 0 Å². The van der Waals surface area contributed by atoms with Crippen LogP contribution in [0.25, 0.3) is 10.9 Å². The average Bonchev–Trinajstić information content (AvgIpc) is 2.50. The molecule has 6 heteroatoms. The minimum absolute atomic E-state index is 0.0650. The average molecular weight is 285 g/mol. The van der Waals surface area contributed by atoms with Crippen LogP contribution < -0.4 is 10.7 Å². The van der Waals surface area contributed by atoms with Gasteiger partial charge in [-0.15, -0.1) is 0 Å². The Morgan fingerprint density at radius 2 is 2.05 bits per heavy atom. The predicted molar refractivity (Wildman–Crippen MR) is 78.1 cm³/mol. The number of nitrogens with one attached hydrogen (secondary N) is 2. The Labute approximate surface area is 120 Å². The highest BCUT2D eigenvalue weighted by Gasteiger charge is 2.31. The second-order valence-electron chi connectivity index (χ2n) is 5.04. The maximum absolute atomic E-state index is 12.5. The van der Waals surface area contributed by atoms with Gasteiger partial charge in [0, 0.05) is 30.2 Å². The smallest absolute Gasteiger partial charge is 0.260 e. The Morgan fingerprint density at radius 1 is 1.29 bits per heavy atom. The van der Waals surface area contributed by atoms with Crippen LogP contribution in [-0.4, -0.2) is 40.8 Å². The van der Waals surface area contributed by atoms with Crippen LogP contribution >= 0.6 is 0 Å². The van der Waals surface area contributed by atoms with Crippen molar-refractivity contribution in [2.45, 2.75) is 13.0 Å². The summed E-state index contributed by atoms with van der Waals surface area (Å²) in [6.07, 6.45) is 1.42. The molecule has 2 heterocycles. The lowest BCUT2D eigenvalue weighted by atomic mass is 10.1. The number of H-pyrrole nitrogens is 1. The molecule has 1 saturated heterocycles. The molecule has 0 radical (unpaired) electrons. The fourth-order valence-electron chi connectivity index (χ4n) is 2.54. The second-order valence-corrected chi connectivity index (χ2v) is 5.04. The van der Waals surface area contributed by atoms with Crippen molar-refractivity contribution in [2.75, 3.05) is 13.1 Å². The fraction of sp³-hybridized carbons (Fsp3) is 0.267. The second kappa shape index (κ2) is 5.05. The number of benzene rings is 1. The molecule has 108 valence electrons. The van der Waals surface area contributed by atoms with Crippen LogP contribution in [0.15, 0.2) is 35.3 Å². The first-order valence-electron chi connectivity index (χ1n) is 6.78. The number of aromatic nitrogens is 1. The Bertz CT molecular complexity index is 781. The van der Waals surface area contributed by atoms with E-state index in [9.17, 15) is 14.4 Å². The van der Waals surface area contributed by atoms with Gasteiger partial charge in [0.25, 0.3) is 5.91 Å². The molecule has 1 aliphatic rings. The Hall–Kier alpha value is -2.63. The van der Waals surface area contributed by atoms with E-state index in [1.807, 2.05) is 6.07 Å². The third-order valence-corrected chi connectivity index (χ3v) is 3.78. The molecule has 2 N–H and O–H groups in total. The Balaban J connectivity index is 2.04. The number of carbonyl (C=O) groups excluding carboxylic acids is 2. The number of aromatic amines is 1. The van der Waals surface area contributed by atoms with E-state index in [-0.39, 0.29) is 16.9 Å². The summed E-state index contributed by atoms with van der Waals surface area (Å²) < 4.78 is 0. The molecule has 1 aliphatic heterocycles. The standard InChI is InChI=1S/C15H15N3O3/c1-9-14(20)16-6-7-18(9)15(21)11-8-17-12-5-3-2-4-10(12)13(11)19/h2-5,8-9H,6-7H2,1H3,(H,16,20)(H,17,19). The zero-order chi connectivity index (χ0) is 15.0. The van der Waals surface area contributed by atoms with Crippen LogP contribution in [0.1, 0.15) is 17.3 Å². The maximum Gasteiger partial charge on any atom is 0.260 e. The summed E-state index contributed by atoms with van der Waals surface area (Å²) in [4.78, 5) is 41.0. The van der Waals surface area contributed by atoms with Gasteiger partial charge in [-0.3, -0.25) is 14.4 Å². The summed E-state index contributed by atoms with van der Waals surface area (Å²) in [6.45, 7) is 2.46. The first-order chi connectivity index (χ1) is 10.1. The number of hydrogen-bond donors (Lipinski definition) is 2. The number of rotatable bonds is 1. The van der Waals surface area contributed by atoms with Crippen molar-refractivity contribution in [1.29, 1.82) is 0 Å². The number of pyridine rings is 1. The summed E-state index contributed by atoms with van der Waals surface area (Å²) in [5.41, 5.74) is 0.436. The molecule has 1 fully saturated rings. The molecule has 1 aromatic heterocycles. The number of hydrogen-bond acceptors (Lipinski definition) is 3. The van der Waals surface area contributed by atoms with E-state index >= 15 is 0 Å². The molecule has 21 heavy (non-hydrogen) atoms. The van der Waals surface area contributed by atoms with Gasteiger partial charge < -0.3 is 15.2 Å². The lowest BCUT2D eigenvalue weighted by Gasteiger charge is -2.32. The van der Waals surface area contributed by atoms with Crippen molar-refractivity contribution in [2.24, 2.45) is 0 Å². The molecular weight excluding hydrogens is 270 g/mol. The zero-order valence-electron chi connectivity index (χ0n) is 11.6. The number of nitrogens with zero attached hydrogens (tertiary/aromatic N) is 1. The first kappa shape index (κ1) is 13.4. The number of para-hydroxylation sites is 1. The van der Waals surface area contributed by atoms with Crippen LogP contribution in [0.5, 0.6) is 0 Å². The lowest BCUT2D eigenvalue weighted by molar-refractivity contribution is -0.127. The van der Waals surface area contributed by atoms with Gasteiger partial charge in [0.15, 0.2) is 0 Å². The Kier molecular flexibility index (Phi) is 3.21. The summed E-state index contributed by atoms with van der Waals surface area (Å²) in [5.74, 6) is -0.615. The van der Waals surface area contributed by atoms with Crippen molar-refractivity contribution in [1.82, 2.24) is 15.2 Å². The summed E-state index contributed by atoms with van der Waals surface area (Å²) in [6, 6.07) is 6.45. The molecule has 0 spiro atoms. The van der Waals surface area contributed by atoms with Gasteiger partial charge in [0.2, 0.25) is 11.3 Å². The molecule has 2 amide bonds. The summed E-state index contributed by atoms with van der Waals surface area (Å²) in [5, 5.41) is 3.16. The molecule has 6 nitrogen and oxygen atoms in total. The minimum atomic E-state index is -0.572. The maximum atomic E-state index is 12.5. The normalized spacial score (nSPS) is 18.6. The molecule has 2 aromatic rings. The third-order valence-electron chi connectivity index (χ3n) is 3.78. The molecule has 0 bridgehead atoms. The number of amides is 2. The van der Waals surface area contributed by atoms with Crippen LogP contribution in [0.4, 0.5) is 0 Å². The van der Waals surface area contributed by atoms with E-state index in [0.717, 1.165) is 0 Å². The van der Waals surface area contributed by atoms with Crippen molar-refractivity contribution in [3.63, 3.8) is 0 Å². The van der Waals surface area contributed by atoms with Gasteiger partial charge in [-0.05, 0) is 19.1 Å². The third kappa shape index (κ3) is 2.18. The topological polar surface area (TPSA) is 82.3 Å². The van der Waals surface area contributed by atoms with Crippen LogP contribution in [0.3, 0.4) is 0 Å². The van der Waals surface area contributed by atoms with E-state index in [0.29, 0.717) is 24.0 Å². The SMILES string of the molecule is CC1C(=O)NCCN1C(=O)c1c[nH]c2ccccc2c1=O. The van der Waals surface area contributed by atoms with E-state index < -0.39 is 11.9 Å². The Morgan fingerprint density at radius 3 is 2.86 bits per heavy atom. The number of carbonyl (C=O) groups is 2. The van der Waals surface area contributed by atoms with Crippen molar-refractivity contribution in [3.05, 3.63) is 46.2 Å². The molecular formula is C15H15N3O3. The molecule has 3 rings (SSSR count). The molecule has 1 unspecified atom stereocenters. The number of fused-ring (bicyclic) bond motifs is 1. The van der Waals surface area contributed by atoms with Gasteiger partial charge in [-0.2, -0.15) is 0 Å². The fourth-order valence-corrected chi connectivity index (χ4v) is 2.54. The van der Waals surface area contributed by atoms with Crippen LogP contribution in [0.2, 0.25) is 0 Å². The zero-order valence-corrected chi connectivity index (χ0v) is 11.6. The van der Waals surface area contributed by atoms with E-state index in [2.05, 4.69) is 10.3 Å². The quantitative estimate of drug-likeness (QED) is 0.800. The largest absolute Gasteiger partial charge is 0.360 e. The van der Waals surface area contributed by atoms with Crippen LogP contribution in [0, 0.1) is 0 Å². The minimum Gasteiger partial charge on any atom is -0.360 e. The van der Waals surface area contributed by atoms with Crippen molar-refractivity contribution in [3.8, 4) is 0 Å². The molecule has 0 aliphatic carbocycles. The summed E-state index contributed by atoms with van der Waals surface area (Å²) >= 11 is 0. The molecule has 1 atom stereocenters. The highest BCUT2D eigenvalue weighted by Crippen LogP contribution is 2.11. The monoisotopic (exact) mass is 285 g/mol. The predicted octanol–water partition coefficient (Wildman–Crippen LogP) is 0.489. The number of piperazine rings is 1. The lowest BCUT2D eigenvalue weighted by Crippen LogP contribution is -2.56. The van der Waals surface area contributed by atoms with Gasteiger partial charge in [0.1, 0.15) is 11.6 Å². The van der Waals surface area contributed by atoms with Crippen LogP contribution in [-0.2, 0) is 4.79 Å². The van der Waals surface area contributed by atoms with Crippen molar-refractivity contribution < 1.29 is 9.59 Å². The molecule has 1 aromatic carbocycles. The van der Waals surface area contributed by atoms with Gasteiger partial charge in [0.05, 0.1) is 0 Å². The summed E-state index contributed by atoms with van der Waals surface area (Å²) in [7, 11) is 0. The van der Waals surface area contributed by atoms with Crippen molar-refractivity contribution >= 4 is 22.7 Å². The molecule has 0 saturated carbocycles. The van der Waals surface area contributed by atoms with E-state index in [4.69, 9.17) is 0 Å². The van der Waals surface area contributed by atoms with E-state index in [1.165, 1.54) is 11.1 Å². The van der Waals surface area contributed by atoms with E-state index in [1.54, 1.807) is 25.1 Å². The first-order valence-corrected chi connectivity index (χ1v) is 6.78.